The van der Waals surface area contributed by atoms with Gasteiger partial charge in [0, 0.05) is 56.0 Å². The minimum absolute atomic E-state index is 0.0600. The number of ether oxygens (including phenoxy) is 3. The molecule has 0 saturated carbocycles. The predicted octanol–water partition coefficient (Wildman–Crippen LogP) is 5.70. The molecular weight excluding hydrogens is 624 g/mol. The van der Waals surface area contributed by atoms with Crippen LogP contribution in [0.15, 0.2) is 60.7 Å². The molecule has 1 atom stereocenters. The van der Waals surface area contributed by atoms with Crippen molar-refractivity contribution in [2.24, 2.45) is 0 Å². The van der Waals surface area contributed by atoms with Crippen LogP contribution in [0.5, 0.6) is 17.2 Å². The van der Waals surface area contributed by atoms with E-state index in [4.69, 9.17) is 14.2 Å². The summed E-state index contributed by atoms with van der Waals surface area (Å²) in [7, 11) is 3.12. The molecule has 1 saturated heterocycles. The molecule has 0 aliphatic carbocycles. The third-order valence-electron chi connectivity index (χ3n) is 8.79. The molecule has 0 radical (unpaired) electrons. The van der Waals surface area contributed by atoms with Crippen LogP contribution in [0.3, 0.4) is 0 Å². The molecule has 1 aromatic heterocycles. The Bertz CT molecular complexity index is 1800. The highest BCUT2D eigenvalue weighted by atomic mass is 16.5. The standard InChI is InChI=1S/C37H44N6O6/c1-7-9-29(8-2)49-33-16-12-27(36(45)26-10-13-28(14-11-26)42-20-18-41(19-21-42)25(4)44)22-31(33)38-37(46)35-24(3)43(40-39-35)32-23-30(47-5)15-17-34(32)48-6/h10-17,22-23,29H,7-9,18-21H2,1-6H3,(H,38,46)/t29-/m0/s1. The molecule has 1 aliphatic heterocycles. The fourth-order valence-electron chi connectivity index (χ4n) is 5.90. The number of carbonyl (C=O) groups is 3. The summed E-state index contributed by atoms with van der Waals surface area (Å²) in [6.45, 7) is 10.3. The Morgan fingerprint density at radius 2 is 1.57 bits per heavy atom. The number of rotatable bonds is 13. The summed E-state index contributed by atoms with van der Waals surface area (Å²) in [4.78, 5) is 43.2. The van der Waals surface area contributed by atoms with Gasteiger partial charge in [-0.3, -0.25) is 14.4 Å². The molecule has 12 heteroatoms. The molecule has 1 N–H and O–H groups in total. The minimum Gasteiger partial charge on any atom is -0.497 e. The molecule has 12 nitrogen and oxygen atoms in total. The molecule has 0 unspecified atom stereocenters. The quantitative estimate of drug-likeness (QED) is 0.178. The Kier molecular flexibility index (Phi) is 11.2. The number of anilines is 2. The number of hydrogen-bond donors (Lipinski definition) is 1. The highest BCUT2D eigenvalue weighted by molar-refractivity contribution is 6.11. The predicted molar refractivity (Wildman–Crippen MR) is 188 cm³/mol. The molecule has 2 heterocycles. The Hall–Kier alpha value is -5.39. The van der Waals surface area contributed by atoms with Crippen molar-refractivity contribution in [1.82, 2.24) is 19.9 Å². The van der Waals surface area contributed by atoms with Crippen LogP contribution >= 0.6 is 0 Å². The second-order valence-corrected chi connectivity index (χ2v) is 11.9. The molecule has 4 aromatic rings. The largest absolute Gasteiger partial charge is 0.497 e. The lowest BCUT2D eigenvalue weighted by atomic mass is 10.0. The van der Waals surface area contributed by atoms with Gasteiger partial charge < -0.3 is 29.3 Å². The zero-order chi connectivity index (χ0) is 35.1. The number of aromatic nitrogens is 3. The van der Waals surface area contributed by atoms with E-state index in [1.165, 1.54) is 4.68 Å². The summed E-state index contributed by atoms with van der Waals surface area (Å²) < 4.78 is 18.8. The maximum atomic E-state index is 13.7. The SMILES string of the molecule is CCC[C@H](CC)Oc1ccc(C(=O)c2ccc(N3CCN(C(C)=O)CC3)cc2)cc1NC(=O)c1nnn(-c2cc(OC)ccc2OC)c1C. The van der Waals surface area contributed by atoms with Crippen molar-refractivity contribution in [3.05, 3.63) is 83.2 Å². The van der Waals surface area contributed by atoms with Crippen molar-refractivity contribution in [3.63, 3.8) is 0 Å². The molecule has 5 rings (SSSR count). The summed E-state index contributed by atoms with van der Waals surface area (Å²) in [5.74, 6) is 0.983. The lowest BCUT2D eigenvalue weighted by Gasteiger charge is -2.35. The van der Waals surface area contributed by atoms with Crippen LogP contribution in [-0.2, 0) is 4.79 Å². The van der Waals surface area contributed by atoms with Crippen LogP contribution in [0.1, 0.15) is 72.1 Å². The molecular formula is C37H44N6O6. The number of amides is 2. The van der Waals surface area contributed by atoms with Crippen molar-refractivity contribution in [1.29, 1.82) is 0 Å². The normalized spacial score (nSPS) is 13.5. The van der Waals surface area contributed by atoms with Crippen molar-refractivity contribution in [2.75, 3.05) is 50.6 Å². The number of methoxy groups -OCH3 is 2. The van der Waals surface area contributed by atoms with Crippen LogP contribution in [0.4, 0.5) is 11.4 Å². The zero-order valence-corrected chi connectivity index (χ0v) is 29.0. The summed E-state index contributed by atoms with van der Waals surface area (Å²) >= 11 is 0. The highest BCUT2D eigenvalue weighted by Crippen LogP contribution is 2.32. The molecule has 1 fully saturated rings. The van der Waals surface area contributed by atoms with Crippen molar-refractivity contribution >= 4 is 29.0 Å². The molecule has 2 amide bonds. The summed E-state index contributed by atoms with van der Waals surface area (Å²) in [5.41, 5.74) is 3.42. The lowest BCUT2D eigenvalue weighted by Crippen LogP contribution is -2.48. The second kappa shape index (κ2) is 15.7. The molecule has 0 bridgehead atoms. The van der Waals surface area contributed by atoms with E-state index in [0.29, 0.717) is 58.5 Å². The van der Waals surface area contributed by atoms with Gasteiger partial charge in [-0.25, -0.2) is 4.68 Å². The van der Waals surface area contributed by atoms with E-state index in [1.54, 1.807) is 76.6 Å². The Balaban J connectivity index is 1.40. The van der Waals surface area contributed by atoms with Gasteiger partial charge in [0.1, 0.15) is 22.9 Å². The van der Waals surface area contributed by atoms with Gasteiger partial charge in [0.2, 0.25) is 5.91 Å². The van der Waals surface area contributed by atoms with Gasteiger partial charge in [0.25, 0.3) is 5.91 Å². The van der Waals surface area contributed by atoms with Crippen molar-refractivity contribution < 1.29 is 28.6 Å². The van der Waals surface area contributed by atoms with Gasteiger partial charge in [0.15, 0.2) is 11.5 Å². The summed E-state index contributed by atoms with van der Waals surface area (Å²) in [6, 6.07) is 17.8. The Morgan fingerprint density at radius 1 is 0.878 bits per heavy atom. The number of carbonyl (C=O) groups excluding carboxylic acids is 3. The third-order valence-corrected chi connectivity index (χ3v) is 8.79. The number of benzene rings is 3. The zero-order valence-electron chi connectivity index (χ0n) is 29.0. The first-order valence-corrected chi connectivity index (χ1v) is 16.6. The molecule has 3 aromatic carbocycles. The first-order valence-electron chi connectivity index (χ1n) is 16.6. The first-order chi connectivity index (χ1) is 23.7. The average molecular weight is 669 g/mol. The molecule has 0 spiro atoms. The van der Waals surface area contributed by atoms with E-state index in [0.717, 1.165) is 38.0 Å². The lowest BCUT2D eigenvalue weighted by molar-refractivity contribution is -0.129. The van der Waals surface area contributed by atoms with Crippen LogP contribution in [0.25, 0.3) is 5.69 Å². The Labute approximate surface area is 286 Å². The number of nitrogens with zero attached hydrogens (tertiary/aromatic N) is 5. The van der Waals surface area contributed by atoms with Gasteiger partial charge in [-0.15, -0.1) is 5.10 Å². The monoisotopic (exact) mass is 668 g/mol. The molecule has 1 aliphatic rings. The van der Waals surface area contributed by atoms with E-state index in [9.17, 15) is 14.4 Å². The van der Waals surface area contributed by atoms with E-state index < -0.39 is 5.91 Å². The van der Waals surface area contributed by atoms with Gasteiger partial charge in [-0.1, -0.05) is 25.5 Å². The minimum atomic E-state index is -0.502. The van der Waals surface area contributed by atoms with Gasteiger partial charge in [-0.05, 0) is 74.4 Å². The number of nitrogens with one attached hydrogen (secondary N) is 1. The summed E-state index contributed by atoms with van der Waals surface area (Å²) in [6.07, 6.45) is 2.51. The fourth-order valence-corrected chi connectivity index (χ4v) is 5.90. The van der Waals surface area contributed by atoms with Gasteiger partial charge in [-0.2, -0.15) is 0 Å². The van der Waals surface area contributed by atoms with Crippen molar-refractivity contribution in [2.45, 2.75) is 53.1 Å². The van der Waals surface area contributed by atoms with E-state index in [2.05, 4.69) is 34.4 Å². The van der Waals surface area contributed by atoms with E-state index in [-0.39, 0.29) is 23.5 Å². The first kappa shape index (κ1) is 34.9. The fraction of sp³-hybridized carbons (Fsp3) is 0.378. The molecule has 258 valence electrons. The molecule has 49 heavy (non-hydrogen) atoms. The van der Waals surface area contributed by atoms with E-state index in [1.807, 2.05) is 17.0 Å². The topological polar surface area (TPSA) is 128 Å². The van der Waals surface area contributed by atoms with Crippen molar-refractivity contribution in [3.8, 4) is 22.9 Å². The second-order valence-electron chi connectivity index (χ2n) is 11.9. The smallest absolute Gasteiger partial charge is 0.278 e. The summed E-state index contributed by atoms with van der Waals surface area (Å²) in [5, 5.41) is 11.4. The van der Waals surface area contributed by atoms with Gasteiger partial charge in [0.05, 0.1) is 31.7 Å². The maximum absolute atomic E-state index is 13.7. The van der Waals surface area contributed by atoms with Crippen LogP contribution in [-0.4, -0.2) is 84.0 Å². The van der Waals surface area contributed by atoms with Crippen LogP contribution in [0.2, 0.25) is 0 Å². The number of hydrogen-bond acceptors (Lipinski definition) is 9. The van der Waals surface area contributed by atoms with E-state index >= 15 is 0 Å². The van der Waals surface area contributed by atoms with Crippen LogP contribution in [0, 0.1) is 6.92 Å². The Morgan fingerprint density at radius 3 is 2.20 bits per heavy atom. The number of piperazine rings is 1. The third kappa shape index (κ3) is 7.85. The number of ketones is 1. The highest BCUT2D eigenvalue weighted by Gasteiger charge is 2.24. The maximum Gasteiger partial charge on any atom is 0.278 e. The average Bonchev–Trinajstić information content (AvgIpc) is 3.52. The van der Waals surface area contributed by atoms with Gasteiger partial charge >= 0.3 is 0 Å². The van der Waals surface area contributed by atoms with Crippen LogP contribution < -0.4 is 24.4 Å².